The number of allylic oxidation sites excluding steroid dienone is 24. The first-order valence-corrected chi connectivity index (χ1v) is 31.4. The molecule has 0 aliphatic carbocycles. The van der Waals surface area contributed by atoms with Crippen LogP contribution >= 0.6 is 0 Å². The Hall–Kier alpha value is -4.22. The largest absolute Gasteiger partial charge is 0.462 e. The molecule has 0 aromatic heterocycles. The fraction of sp³-hybridized carbons (Fsp3) is 0.634. The normalized spacial score (nSPS) is 13.2. The minimum atomic E-state index is -0.814. The molecule has 0 rings (SSSR count). The molecule has 0 aliphatic rings. The van der Waals surface area contributed by atoms with Gasteiger partial charge < -0.3 is 14.6 Å². The summed E-state index contributed by atoms with van der Waals surface area (Å²) in [6, 6.07) is 0. The maximum atomic E-state index is 12.3. The average Bonchev–Trinajstić information content (AvgIpc) is 3.42. The molecule has 76 heavy (non-hydrogen) atoms. The quantitative estimate of drug-likeness (QED) is 0.0373. The van der Waals surface area contributed by atoms with Crippen LogP contribution in [0.5, 0.6) is 0 Å². The van der Waals surface area contributed by atoms with E-state index in [0.717, 1.165) is 96.3 Å². The van der Waals surface area contributed by atoms with E-state index in [1.165, 1.54) is 141 Å². The first-order chi connectivity index (χ1) is 37.6. The minimum absolute atomic E-state index is 0.0967. The van der Waals surface area contributed by atoms with E-state index in [1.807, 2.05) is 0 Å². The van der Waals surface area contributed by atoms with Gasteiger partial charge in [0.25, 0.3) is 0 Å². The zero-order chi connectivity index (χ0) is 54.8. The number of aliphatic hydroxyl groups excluding tert-OH is 1. The minimum Gasteiger partial charge on any atom is -0.462 e. The van der Waals surface area contributed by atoms with E-state index in [-0.39, 0.29) is 31.6 Å². The topological polar surface area (TPSA) is 72.8 Å². The van der Waals surface area contributed by atoms with Crippen LogP contribution in [-0.4, -0.2) is 36.4 Å². The van der Waals surface area contributed by atoms with Crippen molar-refractivity contribution in [1.29, 1.82) is 0 Å². The van der Waals surface area contributed by atoms with Gasteiger partial charge in [0.15, 0.2) is 6.10 Å². The lowest BCUT2D eigenvalue weighted by molar-refractivity contribution is -0.161. The van der Waals surface area contributed by atoms with Gasteiger partial charge in [0.2, 0.25) is 0 Å². The zero-order valence-corrected chi connectivity index (χ0v) is 49.2. The summed E-state index contributed by atoms with van der Waals surface area (Å²) in [6.45, 7) is 3.98. The molecule has 0 bridgehead atoms. The Bertz CT molecular complexity index is 1610. The first kappa shape index (κ1) is 71.8. The molecule has 0 amide bonds. The van der Waals surface area contributed by atoms with E-state index in [4.69, 9.17) is 9.47 Å². The van der Waals surface area contributed by atoms with Gasteiger partial charge in [0.1, 0.15) is 6.61 Å². The fourth-order valence-electron chi connectivity index (χ4n) is 8.45. The SMILES string of the molecule is CC/C=C\C/C=C\C/C=C\C/C=C\C/C=C\C/C=C\C/C=C\C/C=C\C/C=C\CCCC(=O)OC(CO)COC(=O)CCCCCCCCCCCCCCCCCCCC/C=C\C/C=C\C/C=C\CCCCCCC. The first-order valence-electron chi connectivity index (χ1n) is 31.4. The lowest BCUT2D eigenvalue weighted by Gasteiger charge is -2.15. The van der Waals surface area contributed by atoms with Gasteiger partial charge in [-0.1, -0.05) is 288 Å². The summed E-state index contributed by atoms with van der Waals surface area (Å²) in [5.41, 5.74) is 0. The van der Waals surface area contributed by atoms with Crippen molar-refractivity contribution >= 4 is 11.9 Å². The van der Waals surface area contributed by atoms with E-state index in [1.54, 1.807) is 0 Å². The van der Waals surface area contributed by atoms with Crippen molar-refractivity contribution in [2.75, 3.05) is 13.2 Å². The Morgan fingerprint density at radius 1 is 0.316 bits per heavy atom. The second-order valence-electron chi connectivity index (χ2n) is 20.4. The lowest BCUT2D eigenvalue weighted by Crippen LogP contribution is -2.28. The van der Waals surface area contributed by atoms with Crippen LogP contribution in [0.4, 0.5) is 0 Å². The van der Waals surface area contributed by atoms with Crippen LogP contribution in [0.3, 0.4) is 0 Å². The van der Waals surface area contributed by atoms with Gasteiger partial charge >= 0.3 is 11.9 Å². The fourth-order valence-corrected chi connectivity index (χ4v) is 8.45. The molecular formula is C71H116O5. The predicted octanol–water partition coefficient (Wildman–Crippen LogP) is 21.8. The van der Waals surface area contributed by atoms with Crippen LogP contribution in [0.1, 0.15) is 271 Å². The number of carbonyl (C=O) groups is 2. The maximum Gasteiger partial charge on any atom is 0.306 e. The molecule has 5 nitrogen and oxygen atoms in total. The highest BCUT2D eigenvalue weighted by Crippen LogP contribution is 2.16. The molecular weight excluding hydrogens is 933 g/mol. The van der Waals surface area contributed by atoms with E-state index in [2.05, 4.69) is 160 Å². The van der Waals surface area contributed by atoms with Crippen LogP contribution in [0.15, 0.2) is 146 Å². The highest BCUT2D eigenvalue weighted by molar-refractivity contribution is 5.70. The average molecular weight is 1050 g/mol. The lowest BCUT2D eigenvalue weighted by atomic mass is 10.0. The molecule has 1 atom stereocenters. The molecule has 0 aliphatic heterocycles. The monoisotopic (exact) mass is 1050 g/mol. The molecule has 0 fully saturated rings. The van der Waals surface area contributed by atoms with Crippen molar-refractivity contribution in [3.8, 4) is 0 Å². The van der Waals surface area contributed by atoms with Gasteiger partial charge in [-0.3, -0.25) is 9.59 Å². The van der Waals surface area contributed by atoms with Gasteiger partial charge in [0, 0.05) is 12.8 Å². The van der Waals surface area contributed by atoms with Crippen LogP contribution in [-0.2, 0) is 19.1 Å². The molecule has 1 unspecified atom stereocenters. The van der Waals surface area contributed by atoms with E-state index in [0.29, 0.717) is 12.8 Å². The molecule has 430 valence electrons. The third-order valence-electron chi connectivity index (χ3n) is 13.1. The Balaban J connectivity index is 3.59. The zero-order valence-electron chi connectivity index (χ0n) is 49.2. The van der Waals surface area contributed by atoms with E-state index < -0.39 is 6.10 Å². The number of hydrogen-bond acceptors (Lipinski definition) is 5. The van der Waals surface area contributed by atoms with Gasteiger partial charge in [-0.2, -0.15) is 0 Å². The number of hydrogen-bond donors (Lipinski definition) is 1. The van der Waals surface area contributed by atoms with Gasteiger partial charge in [0.05, 0.1) is 6.61 Å². The molecule has 0 spiro atoms. The molecule has 1 N–H and O–H groups in total. The van der Waals surface area contributed by atoms with Crippen molar-refractivity contribution in [3.05, 3.63) is 146 Å². The van der Waals surface area contributed by atoms with Crippen molar-refractivity contribution in [2.24, 2.45) is 0 Å². The van der Waals surface area contributed by atoms with Gasteiger partial charge in [-0.05, 0) is 116 Å². The number of ether oxygens (including phenoxy) is 2. The molecule has 0 radical (unpaired) electrons. The summed E-state index contributed by atoms with van der Waals surface area (Å²) in [5.74, 6) is -0.664. The number of esters is 2. The number of carbonyl (C=O) groups excluding carboxylic acids is 2. The Morgan fingerprint density at radius 3 is 0.895 bits per heavy atom. The molecule has 0 saturated heterocycles. The second kappa shape index (κ2) is 65.1. The smallest absolute Gasteiger partial charge is 0.306 e. The maximum absolute atomic E-state index is 12.3. The molecule has 0 saturated carbocycles. The van der Waals surface area contributed by atoms with Crippen LogP contribution in [0, 0.1) is 0 Å². The van der Waals surface area contributed by atoms with Crippen molar-refractivity contribution < 1.29 is 24.2 Å². The van der Waals surface area contributed by atoms with Crippen LogP contribution in [0.2, 0.25) is 0 Å². The van der Waals surface area contributed by atoms with Crippen LogP contribution in [0.25, 0.3) is 0 Å². The Labute approximate surface area is 469 Å². The van der Waals surface area contributed by atoms with Crippen molar-refractivity contribution in [1.82, 2.24) is 0 Å². The van der Waals surface area contributed by atoms with E-state index >= 15 is 0 Å². The summed E-state index contributed by atoms with van der Waals surface area (Å²) < 4.78 is 10.7. The number of rotatable bonds is 56. The van der Waals surface area contributed by atoms with Crippen molar-refractivity contribution in [3.63, 3.8) is 0 Å². The Morgan fingerprint density at radius 2 is 0.579 bits per heavy atom. The number of aliphatic hydroxyl groups is 1. The molecule has 0 aromatic rings. The third-order valence-corrected chi connectivity index (χ3v) is 13.1. The second-order valence-corrected chi connectivity index (χ2v) is 20.4. The van der Waals surface area contributed by atoms with Gasteiger partial charge in [-0.15, -0.1) is 0 Å². The number of unbranched alkanes of at least 4 members (excludes halogenated alkanes) is 24. The Kier molecular flexibility index (Phi) is 61.5. The van der Waals surface area contributed by atoms with Crippen molar-refractivity contribution in [2.45, 2.75) is 277 Å². The molecule has 5 heteroatoms. The summed E-state index contributed by atoms with van der Waals surface area (Å²) >= 11 is 0. The van der Waals surface area contributed by atoms with E-state index in [9.17, 15) is 14.7 Å². The highest BCUT2D eigenvalue weighted by atomic mass is 16.6. The van der Waals surface area contributed by atoms with Gasteiger partial charge in [-0.25, -0.2) is 0 Å². The van der Waals surface area contributed by atoms with Crippen LogP contribution < -0.4 is 0 Å². The third kappa shape index (κ3) is 62.3. The standard InChI is InChI=1S/C71H116O5/c1-3-5-7-9-11-13-15-17-19-21-23-25-27-29-31-33-34-35-36-38-39-41-43-45-47-49-51-53-55-57-59-61-63-65-70(73)75-68-69(67-72)76-71(74)66-64-62-60-58-56-54-52-50-48-46-44-42-40-37-32-30-28-26-24-22-20-18-16-14-12-10-8-6-4-2/h6,8,12,14-15,17-18,20-21,23-24,26-27,29-30,32,40,42,46,48,52,54,58,60,69,72H,3-5,7,9-11,13,16,19,22,25,28,31,33-39,41,43-45,47,49-51,53,55-57,59,61-68H2,1-2H3/b8-6-,14-12-,17-15-,20-18-,23-21-,26-24-,29-27-,32-30-,42-40-,48-46-,54-52-,60-58-. The highest BCUT2D eigenvalue weighted by Gasteiger charge is 2.16. The summed E-state index contributed by atoms with van der Waals surface area (Å²) in [7, 11) is 0. The summed E-state index contributed by atoms with van der Waals surface area (Å²) in [4.78, 5) is 24.6. The summed E-state index contributed by atoms with van der Waals surface area (Å²) in [6.07, 6.45) is 98.5. The summed E-state index contributed by atoms with van der Waals surface area (Å²) in [5, 5.41) is 9.67. The molecule has 0 heterocycles. The molecule has 0 aromatic carbocycles. The predicted molar refractivity (Wildman–Crippen MR) is 334 cm³/mol.